The zero-order valence-corrected chi connectivity index (χ0v) is 9.61. The fourth-order valence-corrected chi connectivity index (χ4v) is 1.85. The minimum atomic E-state index is -0.851. The maximum absolute atomic E-state index is 11.0. The molecular weight excluding hydrogens is 222 g/mol. The van der Waals surface area contributed by atoms with Gasteiger partial charge >= 0.3 is 11.7 Å². The standard InChI is InChI=1S/C12H13NO4/c1-12(2,6-10(14)15)7-3-4-9-8(5-7)13-11(16)17-9/h3-5H,6H2,1-2H3,(H,13,16)(H,14,15). The SMILES string of the molecule is CC(C)(CC(=O)O)c1ccc2oc(=O)[nH]c2c1. The molecule has 0 radical (unpaired) electrons. The lowest BCUT2D eigenvalue weighted by molar-refractivity contribution is -0.138. The predicted octanol–water partition coefficient (Wildman–Crippen LogP) is 1.87. The van der Waals surface area contributed by atoms with Gasteiger partial charge in [0.05, 0.1) is 11.9 Å². The number of fused-ring (bicyclic) bond motifs is 1. The maximum atomic E-state index is 11.0. The third-order valence-electron chi connectivity index (χ3n) is 2.79. The minimum absolute atomic E-state index is 0.0284. The van der Waals surface area contributed by atoms with E-state index in [1.807, 2.05) is 13.8 Å². The second-order valence-electron chi connectivity index (χ2n) is 4.68. The van der Waals surface area contributed by atoms with E-state index in [0.717, 1.165) is 5.56 Å². The Balaban J connectivity index is 2.48. The first kappa shape index (κ1) is 11.4. The van der Waals surface area contributed by atoms with Crippen LogP contribution in [0.4, 0.5) is 0 Å². The molecule has 1 aromatic heterocycles. The van der Waals surface area contributed by atoms with E-state index in [0.29, 0.717) is 11.1 Å². The van der Waals surface area contributed by atoms with E-state index in [1.165, 1.54) is 0 Å². The van der Waals surface area contributed by atoms with E-state index in [-0.39, 0.29) is 6.42 Å². The molecule has 17 heavy (non-hydrogen) atoms. The predicted molar refractivity (Wildman–Crippen MR) is 62.1 cm³/mol. The van der Waals surface area contributed by atoms with Crippen LogP contribution in [0.1, 0.15) is 25.8 Å². The third-order valence-corrected chi connectivity index (χ3v) is 2.79. The van der Waals surface area contributed by atoms with Crippen LogP contribution in [0, 0.1) is 0 Å². The summed E-state index contributed by atoms with van der Waals surface area (Å²) in [7, 11) is 0. The summed E-state index contributed by atoms with van der Waals surface area (Å²) in [6.07, 6.45) is 0.0284. The van der Waals surface area contributed by atoms with E-state index in [2.05, 4.69) is 4.98 Å². The van der Waals surface area contributed by atoms with Gasteiger partial charge in [-0.05, 0) is 17.7 Å². The fraction of sp³-hybridized carbons (Fsp3) is 0.333. The highest BCUT2D eigenvalue weighted by atomic mass is 16.4. The molecule has 0 fully saturated rings. The number of carbonyl (C=O) groups is 1. The van der Waals surface area contributed by atoms with Crippen molar-refractivity contribution in [3.8, 4) is 0 Å². The Morgan fingerprint density at radius 3 is 2.82 bits per heavy atom. The molecule has 0 saturated carbocycles. The molecular formula is C12H13NO4. The van der Waals surface area contributed by atoms with Gasteiger partial charge in [-0.2, -0.15) is 0 Å². The summed E-state index contributed by atoms with van der Waals surface area (Å²) < 4.78 is 4.89. The number of aromatic nitrogens is 1. The van der Waals surface area contributed by atoms with Crippen molar-refractivity contribution in [3.63, 3.8) is 0 Å². The van der Waals surface area contributed by atoms with Gasteiger partial charge in [0.2, 0.25) is 0 Å². The molecule has 1 heterocycles. The first-order valence-corrected chi connectivity index (χ1v) is 5.24. The van der Waals surface area contributed by atoms with Crippen LogP contribution >= 0.6 is 0 Å². The Hall–Kier alpha value is -2.04. The van der Waals surface area contributed by atoms with Gasteiger partial charge in [-0.15, -0.1) is 0 Å². The molecule has 5 heteroatoms. The Labute approximate surface area is 97.1 Å². The molecule has 0 spiro atoms. The number of aromatic amines is 1. The van der Waals surface area contributed by atoms with E-state index >= 15 is 0 Å². The van der Waals surface area contributed by atoms with Crippen molar-refractivity contribution in [2.45, 2.75) is 25.7 Å². The van der Waals surface area contributed by atoms with Gasteiger partial charge in [-0.25, -0.2) is 4.79 Å². The summed E-state index contributed by atoms with van der Waals surface area (Å²) in [5.41, 5.74) is 1.43. The summed E-state index contributed by atoms with van der Waals surface area (Å²) in [5.74, 6) is -1.36. The molecule has 1 aromatic carbocycles. The highest BCUT2D eigenvalue weighted by Gasteiger charge is 2.24. The van der Waals surface area contributed by atoms with E-state index < -0.39 is 17.1 Å². The average molecular weight is 235 g/mol. The molecule has 0 bridgehead atoms. The number of benzene rings is 1. The first-order valence-electron chi connectivity index (χ1n) is 5.24. The molecule has 0 aliphatic heterocycles. The van der Waals surface area contributed by atoms with Crippen LogP contribution in [0.3, 0.4) is 0 Å². The van der Waals surface area contributed by atoms with Crippen molar-refractivity contribution >= 4 is 17.1 Å². The highest BCUT2D eigenvalue weighted by molar-refractivity contribution is 5.74. The summed E-state index contributed by atoms with van der Waals surface area (Å²) in [6.45, 7) is 3.70. The number of oxazole rings is 1. The summed E-state index contributed by atoms with van der Waals surface area (Å²) in [6, 6.07) is 5.21. The number of hydrogen-bond donors (Lipinski definition) is 2. The Bertz CT molecular complexity index is 621. The van der Waals surface area contributed by atoms with Crippen LogP contribution in [0.15, 0.2) is 27.4 Å². The summed E-state index contributed by atoms with van der Waals surface area (Å²) >= 11 is 0. The van der Waals surface area contributed by atoms with Crippen molar-refractivity contribution in [2.75, 3.05) is 0 Å². The highest BCUT2D eigenvalue weighted by Crippen LogP contribution is 2.28. The van der Waals surface area contributed by atoms with Gasteiger partial charge in [-0.1, -0.05) is 19.9 Å². The number of carboxylic acids is 1. The molecule has 0 saturated heterocycles. The minimum Gasteiger partial charge on any atom is -0.481 e. The van der Waals surface area contributed by atoms with Gasteiger partial charge in [0, 0.05) is 5.41 Å². The first-order chi connectivity index (χ1) is 7.88. The number of hydrogen-bond acceptors (Lipinski definition) is 3. The van der Waals surface area contributed by atoms with Gasteiger partial charge in [-0.3, -0.25) is 9.78 Å². The lowest BCUT2D eigenvalue weighted by Gasteiger charge is -2.22. The second-order valence-corrected chi connectivity index (χ2v) is 4.68. The molecule has 0 aliphatic carbocycles. The lowest BCUT2D eigenvalue weighted by atomic mass is 9.81. The lowest BCUT2D eigenvalue weighted by Crippen LogP contribution is -2.21. The van der Waals surface area contributed by atoms with Crippen LogP contribution in [0.5, 0.6) is 0 Å². The number of aliphatic carboxylic acids is 1. The largest absolute Gasteiger partial charge is 0.481 e. The monoisotopic (exact) mass is 235 g/mol. The van der Waals surface area contributed by atoms with Crippen LogP contribution in [-0.4, -0.2) is 16.1 Å². The normalized spacial score (nSPS) is 11.9. The third kappa shape index (κ3) is 2.22. The fourth-order valence-electron chi connectivity index (χ4n) is 1.85. The smallest absolute Gasteiger partial charge is 0.417 e. The zero-order valence-electron chi connectivity index (χ0n) is 9.61. The van der Waals surface area contributed by atoms with Crippen molar-refractivity contribution < 1.29 is 14.3 Å². The van der Waals surface area contributed by atoms with Crippen molar-refractivity contribution in [1.29, 1.82) is 0 Å². The Kier molecular flexibility index (Phi) is 2.53. The van der Waals surface area contributed by atoms with E-state index in [4.69, 9.17) is 9.52 Å². The number of H-pyrrole nitrogens is 1. The van der Waals surface area contributed by atoms with Gasteiger partial charge in [0.15, 0.2) is 5.58 Å². The number of nitrogens with one attached hydrogen (secondary N) is 1. The Morgan fingerprint density at radius 2 is 2.18 bits per heavy atom. The van der Waals surface area contributed by atoms with E-state index in [1.54, 1.807) is 18.2 Å². The van der Waals surface area contributed by atoms with Gasteiger partial charge < -0.3 is 9.52 Å². The molecule has 0 aliphatic rings. The molecule has 2 N–H and O–H groups in total. The van der Waals surface area contributed by atoms with E-state index in [9.17, 15) is 9.59 Å². The van der Waals surface area contributed by atoms with Crippen LogP contribution in [-0.2, 0) is 10.2 Å². The zero-order chi connectivity index (χ0) is 12.6. The molecule has 2 rings (SSSR count). The summed E-state index contributed by atoms with van der Waals surface area (Å²) in [4.78, 5) is 24.3. The number of rotatable bonds is 3. The van der Waals surface area contributed by atoms with Crippen LogP contribution in [0.25, 0.3) is 11.1 Å². The second kappa shape index (κ2) is 3.76. The molecule has 5 nitrogen and oxygen atoms in total. The molecule has 2 aromatic rings. The van der Waals surface area contributed by atoms with Crippen LogP contribution < -0.4 is 5.76 Å². The molecule has 90 valence electrons. The molecule has 0 unspecified atom stereocenters. The summed E-state index contributed by atoms with van der Waals surface area (Å²) in [5, 5.41) is 8.85. The average Bonchev–Trinajstić information content (AvgIpc) is 2.54. The van der Waals surface area contributed by atoms with Crippen molar-refractivity contribution in [2.24, 2.45) is 0 Å². The van der Waals surface area contributed by atoms with Gasteiger partial charge in [0.1, 0.15) is 0 Å². The quantitative estimate of drug-likeness (QED) is 0.850. The van der Waals surface area contributed by atoms with Gasteiger partial charge in [0.25, 0.3) is 0 Å². The Morgan fingerprint density at radius 1 is 1.47 bits per heavy atom. The maximum Gasteiger partial charge on any atom is 0.417 e. The van der Waals surface area contributed by atoms with Crippen molar-refractivity contribution in [1.82, 2.24) is 4.98 Å². The van der Waals surface area contributed by atoms with Crippen LogP contribution in [0.2, 0.25) is 0 Å². The topological polar surface area (TPSA) is 83.3 Å². The molecule has 0 atom stereocenters. The number of carboxylic acid groups (broad SMARTS) is 1. The molecule has 0 amide bonds. The van der Waals surface area contributed by atoms with Crippen molar-refractivity contribution in [3.05, 3.63) is 34.3 Å².